The summed E-state index contributed by atoms with van der Waals surface area (Å²) < 4.78 is 53.3. The first-order valence-corrected chi connectivity index (χ1v) is 12.2. The molecule has 5 rings (SSSR count). The second kappa shape index (κ2) is 9.34. The first-order valence-electron chi connectivity index (χ1n) is 12.2. The molecule has 3 aliphatic heterocycles. The van der Waals surface area contributed by atoms with E-state index in [1.54, 1.807) is 25.1 Å². The van der Waals surface area contributed by atoms with Gasteiger partial charge in [-0.25, -0.2) is 4.98 Å². The third kappa shape index (κ3) is 4.57. The van der Waals surface area contributed by atoms with E-state index >= 15 is 0 Å². The first-order chi connectivity index (χ1) is 17.5. The molecule has 0 spiro atoms. The number of imidazole rings is 1. The number of nitrogens with two attached hydrogens (primary N) is 1. The van der Waals surface area contributed by atoms with Crippen molar-refractivity contribution in [1.29, 1.82) is 0 Å². The molecule has 0 radical (unpaired) electrons. The summed E-state index contributed by atoms with van der Waals surface area (Å²) in [5, 5.41) is 6.74. The molecule has 1 fully saturated rings. The summed E-state index contributed by atoms with van der Waals surface area (Å²) >= 11 is 0. The van der Waals surface area contributed by atoms with Crippen LogP contribution in [0.3, 0.4) is 0 Å². The fraction of sp³-hybridized carbons (Fsp3) is 0.520. The number of hydrogen-bond acceptors (Lipinski definition) is 7. The van der Waals surface area contributed by atoms with Crippen molar-refractivity contribution in [2.24, 2.45) is 0 Å². The molecule has 9 nitrogen and oxygen atoms in total. The minimum Gasteiger partial charge on any atom is -0.399 e. The molecular formula is C25H31F3N6O3. The highest BCUT2D eigenvalue weighted by atomic mass is 19.4. The van der Waals surface area contributed by atoms with Crippen molar-refractivity contribution < 1.29 is 27.4 Å². The number of ether oxygens (including phenoxy) is 2. The number of aryl methyl sites for hydroxylation is 1. The molecule has 4 N–H and O–H groups in total. The van der Waals surface area contributed by atoms with Gasteiger partial charge in [0.15, 0.2) is 5.60 Å². The molecule has 12 heteroatoms. The number of nitrogens with zero attached hydrogens (tertiary/aromatic N) is 3. The fourth-order valence-corrected chi connectivity index (χ4v) is 5.42. The van der Waals surface area contributed by atoms with Crippen molar-refractivity contribution in [3.63, 3.8) is 0 Å². The molecule has 0 aliphatic carbocycles. The minimum atomic E-state index is -4.50. The monoisotopic (exact) mass is 520 g/mol. The van der Waals surface area contributed by atoms with Gasteiger partial charge in [-0.2, -0.15) is 13.2 Å². The number of nitrogen functional groups attached to an aromatic ring is 1. The summed E-state index contributed by atoms with van der Waals surface area (Å²) in [6, 6.07) is 3.09. The Hall–Kier alpha value is -3.09. The number of benzene rings is 1. The van der Waals surface area contributed by atoms with Crippen molar-refractivity contribution in [2.45, 2.75) is 50.7 Å². The lowest BCUT2D eigenvalue weighted by atomic mass is 9.92. The zero-order valence-corrected chi connectivity index (χ0v) is 21.0. The van der Waals surface area contributed by atoms with E-state index in [2.05, 4.69) is 15.6 Å². The SMILES string of the molecule is COC1(C(=O)N2CC3=C(C2)n2c(C)cnc2NC3NC(C)c2cc(N)cc(C(F)(F)F)c2)CCOCC1. The van der Waals surface area contributed by atoms with Gasteiger partial charge in [-0.15, -0.1) is 0 Å². The molecular weight excluding hydrogens is 489 g/mol. The van der Waals surface area contributed by atoms with Gasteiger partial charge in [0.25, 0.3) is 5.91 Å². The van der Waals surface area contributed by atoms with Crippen molar-refractivity contribution >= 4 is 23.2 Å². The third-order valence-corrected chi connectivity index (χ3v) is 7.49. The van der Waals surface area contributed by atoms with Gasteiger partial charge in [0.2, 0.25) is 5.95 Å². The number of aromatic nitrogens is 2. The summed E-state index contributed by atoms with van der Waals surface area (Å²) in [5.74, 6) is 0.510. The van der Waals surface area contributed by atoms with Gasteiger partial charge in [-0.1, -0.05) is 0 Å². The van der Waals surface area contributed by atoms with Gasteiger partial charge < -0.3 is 25.4 Å². The molecule has 1 saturated heterocycles. The molecule has 37 heavy (non-hydrogen) atoms. The second-order valence-electron chi connectivity index (χ2n) is 9.85. The third-order valence-electron chi connectivity index (χ3n) is 7.49. The van der Waals surface area contributed by atoms with E-state index in [0.29, 0.717) is 50.7 Å². The molecule has 2 atom stereocenters. The van der Waals surface area contributed by atoms with Gasteiger partial charge in [0.05, 0.1) is 18.3 Å². The van der Waals surface area contributed by atoms with Crippen LogP contribution in [0.15, 0.2) is 30.0 Å². The van der Waals surface area contributed by atoms with E-state index in [9.17, 15) is 18.0 Å². The fourth-order valence-electron chi connectivity index (χ4n) is 5.42. The summed E-state index contributed by atoms with van der Waals surface area (Å²) in [5.41, 5.74) is 7.28. The zero-order valence-electron chi connectivity index (χ0n) is 21.0. The Labute approximate surface area is 212 Å². The Morgan fingerprint density at radius 1 is 1.30 bits per heavy atom. The molecule has 2 aromatic rings. The molecule has 4 heterocycles. The van der Waals surface area contributed by atoms with Crippen LogP contribution in [0.2, 0.25) is 0 Å². The molecule has 2 unspecified atom stereocenters. The number of alkyl halides is 3. The van der Waals surface area contributed by atoms with Crippen molar-refractivity contribution in [2.75, 3.05) is 44.5 Å². The van der Waals surface area contributed by atoms with Gasteiger partial charge in [-0.05, 0) is 37.6 Å². The highest BCUT2D eigenvalue weighted by molar-refractivity contribution is 5.88. The van der Waals surface area contributed by atoms with E-state index in [0.717, 1.165) is 29.1 Å². The van der Waals surface area contributed by atoms with Crippen molar-refractivity contribution in [3.8, 4) is 0 Å². The summed E-state index contributed by atoms with van der Waals surface area (Å²) in [4.78, 5) is 19.9. The van der Waals surface area contributed by atoms with E-state index in [-0.39, 0.29) is 11.6 Å². The van der Waals surface area contributed by atoms with Gasteiger partial charge in [-0.3, -0.25) is 14.7 Å². The maximum absolute atomic E-state index is 13.7. The summed E-state index contributed by atoms with van der Waals surface area (Å²) in [6.45, 7) is 5.34. The number of fused-ring (bicyclic) bond motifs is 2. The van der Waals surface area contributed by atoms with Gasteiger partial charge >= 0.3 is 6.18 Å². The molecule has 3 aliphatic rings. The zero-order chi connectivity index (χ0) is 26.5. The maximum Gasteiger partial charge on any atom is 0.416 e. The second-order valence-corrected chi connectivity index (χ2v) is 9.85. The van der Waals surface area contributed by atoms with Crippen LogP contribution in [0.4, 0.5) is 24.8 Å². The van der Waals surface area contributed by atoms with Gasteiger partial charge in [0.1, 0.15) is 6.17 Å². The quantitative estimate of drug-likeness (QED) is 0.520. The van der Waals surface area contributed by atoms with Crippen LogP contribution >= 0.6 is 0 Å². The van der Waals surface area contributed by atoms with E-state index < -0.39 is 29.5 Å². The molecule has 1 amide bonds. The van der Waals surface area contributed by atoms with Crippen molar-refractivity contribution in [3.05, 3.63) is 46.8 Å². The average molecular weight is 521 g/mol. The van der Waals surface area contributed by atoms with Crippen LogP contribution in [-0.2, 0) is 20.4 Å². The lowest BCUT2D eigenvalue weighted by Gasteiger charge is -2.37. The van der Waals surface area contributed by atoms with Gasteiger partial charge in [0, 0.05) is 68.4 Å². The number of anilines is 2. The Morgan fingerprint density at radius 3 is 2.70 bits per heavy atom. The molecule has 0 bridgehead atoms. The lowest BCUT2D eigenvalue weighted by molar-refractivity contribution is -0.164. The number of nitrogens with one attached hydrogen (secondary N) is 2. The number of carbonyl (C=O) groups is 1. The Bertz CT molecular complexity index is 1230. The highest BCUT2D eigenvalue weighted by Gasteiger charge is 2.46. The summed E-state index contributed by atoms with van der Waals surface area (Å²) in [7, 11) is 1.55. The molecule has 1 aromatic carbocycles. The number of rotatable bonds is 5. The predicted molar refractivity (Wildman–Crippen MR) is 131 cm³/mol. The molecule has 200 valence electrons. The molecule has 0 saturated carbocycles. The van der Waals surface area contributed by atoms with Crippen molar-refractivity contribution in [1.82, 2.24) is 19.8 Å². The number of halogens is 3. The lowest BCUT2D eigenvalue weighted by Crippen LogP contribution is -2.53. The largest absolute Gasteiger partial charge is 0.416 e. The Morgan fingerprint density at radius 2 is 2.03 bits per heavy atom. The topological polar surface area (TPSA) is 107 Å². The van der Waals surface area contributed by atoms with Crippen LogP contribution < -0.4 is 16.4 Å². The highest BCUT2D eigenvalue weighted by Crippen LogP contribution is 2.37. The Balaban J connectivity index is 1.43. The standard InChI is InChI=1S/C25H31F3N6O3/c1-14-11-30-23-32-21(31-15(2)16-8-17(25(26,27)28)10-18(29)9-16)19-12-33(13-20(19)34(14)23)22(35)24(36-3)4-6-37-7-5-24/h8-11,15,21,31H,4-7,12-13,29H2,1-3H3,(H,30,32). The van der Waals surface area contributed by atoms with Crippen LogP contribution in [-0.4, -0.2) is 65.5 Å². The predicted octanol–water partition coefficient (Wildman–Crippen LogP) is 3.14. The molecule has 1 aromatic heterocycles. The number of hydrogen-bond donors (Lipinski definition) is 3. The average Bonchev–Trinajstić information content (AvgIpc) is 3.47. The number of methoxy groups -OCH3 is 1. The normalized spacial score (nSPS) is 21.9. The smallest absolute Gasteiger partial charge is 0.399 e. The van der Waals surface area contributed by atoms with E-state index in [1.807, 2.05) is 11.5 Å². The minimum absolute atomic E-state index is 0.0418. The van der Waals surface area contributed by atoms with Crippen LogP contribution in [0, 0.1) is 6.92 Å². The first kappa shape index (κ1) is 25.6. The number of carbonyl (C=O) groups excluding carboxylic acids is 1. The maximum atomic E-state index is 13.7. The van der Waals surface area contributed by atoms with Crippen LogP contribution in [0.25, 0.3) is 5.70 Å². The summed E-state index contributed by atoms with van der Waals surface area (Å²) in [6.07, 6.45) is -2.26. The Kier molecular flexibility index (Phi) is 6.45. The van der Waals surface area contributed by atoms with Crippen LogP contribution in [0.1, 0.15) is 42.6 Å². The number of amides is 1. The van der Waals surface area contributed by atoms with E-state index in [1.165, 1.54) is 6.07 Å². The van der Waals surface area contributed by atoms with E-state index in [4.69, 9.17) is 15.2 Å². The van der Waals surface area contributed by atoms with Crippen LogP contribution in [0.5, 0.6) is 0 Å².